The zero-order chi connectivity index (χ0) is 17.9. The molecular weight excluding hydrogens is 328 g/mol. The van der Waals surface area contributed by atoms with E-state index in [4.69, 9.17) is 4.42 Å². The number of pyridine rings is 1. The summed E-state index contributed by atoms with van der Waals surface area (Å²) in [7, 11) is 0. The molecule has 4 rings (SSSR count). The second-order valence-electron chi connectivity index (χ2n) is 6.95. The standard InChI is InChI=1S/C20H24N4O2/c1-16-4-2-5-17(14-16)15-23-10-8-22(9-11-23)12-13-24-19-18(26-20(24)25)6-3-7-21-19/h2-7,14H,8-13,15H2,1H3. The third-order valence-electron chi connectivity index (χ3n) is 5.02. The molecule has 0 amide bonds. The van der Waals surface area contributed by atoms with Crippen molar-refractivity contribution in [1.29, 1.82) is 0 Å². The van der Waals surface area contributed by atoms with E-state index in [-0.39, 0.29) is 5.76 Å². The Morgan fingerprint density at radius 3 is 2.65 bits per heavy atom. The largest absolute Gasteiger partial charge is 0.421 e. The van der Waals surface area contributed by atoms with Gasteiger partial charge in [0, 0.05) is 52.0 Å². The lowest BCUT2D eigenvalue weighted by Crippen LogP contribution is -2.47. The highest BCUT2D eigenvalue weighted by atomic mass is 16.4. The van der Waals surface area contributed by atoms with Gasteiger partial charge in [0.15, 0.2) is 11.2 Å². The van der Waals surface area contributed by atoms with Gasteiger partial charge >= 0.3 is 5.76 Å². The molecule has 0 saturated carbocycles. The van der Waals surface area contributed by atoms with Crippen LogP contribution < -0.4 is 5.76 Å². The highest BCUT2D eigenvalue weighted by Gasteiger charge is 2.18. The van der Waals surface area contributed by atoms with Crippen molar-refractivity contribution in [2.45, 2.75) is 20.0 Å². The van der Waals surface area contributed by atoms with Crippen LogP contribution in [0.25, 0.3) is 11.2 Å². The van der Waals surface area contributed by atoms with Crippen LogP contribution in [0, 0.1) is 6.92 Å². The summed E-state index contributed by atoms with van der Waals surface area (Å²) in [6.07, 6.45) is 1.69. The average Bonchev–Trinajstić information content (AvgIpc) is 2.96. The summed E-state index contributed by atoms with van der Waals surface area (Å²) in [5.74, 6) is -0.322. The maximum Gasteiger partial charge on any atom is 0.421 e. The summed E-state index contributed by atoms with van der Waals surface area (Å²) in [6.45, 7) is 8.72. The molecule has 1 aliphatic rings. The molecule has 0 spiro atoms. The molecule has 3 aromatic rings. The number of aryl methyl sites for hydroxylation is 1. The topological polar surface area (TPSA) is 54.5 Å². The number of nitrogens with zero attached hydrogens (tertiary/aromatic N) is 4. The highest BCUT2D eigenvalue weighted by Crippen LogP contribution is 2.12. The van der Waals surface area contributed by atoms with Crippen molar-refractivity contribution in [3.63, 3.8) is 0 Å². The first-order valence-corrected chi connectivity index (χ1v) is 9.14. The number of fused-ring (bicyclic) bond motifs is 1. The van der Waals surface area contributed by atoms with Gasteiger partial charge in [-0.05, 0) is 24.6 Å². The molecule has 0 aliphatic carbocycles. The number of benzene rings is 1. The van der Waals surface area contributed by atoms with Crippen LogP contribution in [0.1, 0.15) is 11.1 Å². The van der Waals surface area contributed by atoms with E-state index in [2.05, 4.69) is 46.0 Å². The van der Waals surface area contributed by atoms with Gasteiger partial charge in [-0.15, -0.1) is 0 Å². The molecule has 3 heterocycles. The lowest BCUT2D eigenvalue weighted by molar-refractivity contribution is 0.124. The number of hydrogen-bond acceptors (Lipinski definition) is 5. The van der Waals surface area contributed by atoms with Crippen LogP contribution in [-0.2, 0) is 13.1 Å². The number of piperazine rings is 1. The Morgan fingerprint density at radius 1 is 1.04 bits per heavy atom. The van der Waals surface area contributed by atoms with E-state index in [1.165, 1.54) is 11.1 Å². The van der Waals surface area contributed by atoms with Crippen molar-refractivity contribution in [3.05, 3.63) is 64.3 Å². The predicted molar refractivity (Wildman–Crippen MR) is 101 cm³/mol. The van der Waals surface area contributed by atoms with Crippen LogP contribution in [0.5, 0.6) is 0 Å². The van der Waals surface area contributed by atoms with E-state index in [0.717, 1.165) is 39.3 Å². The summed E-state index contributed by atoms with van der Waals surface area (Å²) in [6, 6.07) is 12.3. The Morgan fingerprint density at radius 2 is 1.85 bits per heavy atom. The Labute approximate surface area is 152 Å². The normalized spacial score (nSPS) is 16.3. The molecule has 1 aliphatic heterocycles. The molecule has 6 heteroatoms. The van der Waals surface area contributed by atoms with Gasteiger partial charge in [-0.1, -0.05) is 29.8 Å². The Kier molecular flexibility index (Phi) is 4.86. The monoisotopic (exact) mass is 352 g/mol. The first kappa shape index (κ1) is 17.0. The fraction of sp³-hybridized carbons (Fsp3) is 0.400. The van der Waals surface area contributed by atoms with Crippen molar-refractivity contribution >= 4 is 11.2 Å². The highest BCUT2D eigenvalue weighted by molar-refractivity contribution is 5.67. The molecule has 0 unspecified atom stereocenters. The zero-order valence-corrected chi connectivity index (χ0v) is 15.1. The SMILES string of the molecule is Cc1cccc(CN2CCN(CCn3c(=O)oc4cccnc43)CC2)c1. The molecule has 26 heavy (non-hydrogen) atoms. The lowest BCUT2D eigenvalue weighted by atomic mass is 10.1. The van der Waals surface area contributed by atoms with Gasteiger partial charge in [0.2, 0.25) is 0 Å². The molecule has 1 fully saturated rings. The summed E-state index contributed by atoms with van der Waals surface area (Å²) in [5.41, 5.74) is 3.88. The van der Waals surface area contributed by atoms with Crippen LogP contribution in [-0.4, -0.2) is 52.1 Å². The van der Waals surface area contributed by atoms with Crippen molar-refractivity contribution in [2.24, 2.45) is 0 Å². The van der Waals surface area contributed by atoms with Gasteiger partial charge in [-0.25, -0.2) is 9.78 Å². The van der Waals surface area contributed by atoms with Gasteiger partial charge in [-0.3, -0.25) is 14.4 Å². The number of oxazole rings is 1. The number of rotatable bonds is 5. The van der Waals surface area contributed by atoms with Crippen LogP contribution in [0.15, 0.2) is 51.8 Å². The molecule has 0 bridgehead atoms. The van der Waals surface area contributed by atoms with Crippen LogP contribution >= 0.6 is 0 Å². The van der Waals surface area contributed by atoms with Crippen molar-refractivity contribution in [1.82, 2.24) is 19.4 Å². The van der Waals surface area contributed by atoms with Gasteiger partial charge in [0.25, 0.3) is 0 Å². The minimum Gasteiger partial charge on any atom is -0.406 e. The van der Waals surface area contributed by atoms with E-state index in [9.17, 15) is 4.79 Å². The Bertz CT molecular complexity index is 938. The van der Waals surface area contributed by atoms with Crippen LogP contribution in [0.2, 0.25) is 0 Å². The first-order chi connectivity index (χ1) is 12.7. The van der Waals surface area contributed by atoms with E-state index >= 15 is 0 Å². The maximum absolute atomic E-state index is 12.0. The minimum absolute atomic E-state index is 0.322. The second kappa shape index (κ2) is 7.43. The van der Waals surface area contributed by atoms with Crippen LogP contribution in [0.3, 0.4) is 0 Å². The van der Waals surface area contributed by atoms with Crippen LogP contribution in [0.4, 0.5) is 0 Å². The zero-order valence-electron chi connectivity index (χ0n) is 15.1. The van der Waals surface area contributed by atoms with Gasteiger partial charge in [0.05, 0.1) is 0 Å². The molecule has 0 radical (unpaired) electrons. The summed E-state index contributed by atoms with van der Waals surface area (Å²) in [4.78, 5) is 21.2. The lowest BCUT2D eigenvalue weighted by Gasteiger charge is -2.34. The van der Waals surface area contributed by atoms with Gasteiger partial charge < -0.3 is 4.42 Å². The van der Waals surface area contributed by atoms with Gasteiger partial charge in [0.1, 0.15) is 0 Å². The molecular formula is C20H24N4O2. The third kappa shape index (κ3) is 3.71. The summed E-state index contributed by atoms with van der Waals surface area (Å²) >= 11 is 0. The van der Waals surface area contributed by atoms with Crippen molar-refractivity contribution in [3.8, 4) is 0 Å². The number of hydrogen-bond donors (Lipinski definition) is 0. The molecule has 1 saturated heterocycles. The molecule has 1 aromatic carbocycles. The Hall–Kier alpha value is -2.44. The van der Waals surface area contributed by atoms with Crippen molar-refractivity contribution < 1.29 is 4.42 Å². The quantitative estimate of drug-likeness (QED) is 0.704. The average molecular weight is 352 g/mol. The smallest absolute Gasteiger partial charge is 0.406 e. The third-order valence-corrected chi connectivity index (χ3v) is 5.02. The second-order valence-corrected chi connectivity index (χ2v) is 6.95. The summed E-state index contributed by atoms with van der Waals surface area (Å²) < 4.78 is 6.88. The predicted octanol–water partition coefficient (Wildman–Crippen LogP) is 2.12. The minimum atomic E-state index is -0.322. The number of aromatic nitrogens is 2. The van der Waals surface area contributed by atoms with E-state index in [1.807, 2.05) is 0 Å². The summed E-state index contributed by atoms with van der Waals surface area (Å²) in [5, 5.41) is 0. The molecule has 2 aromatic heterocycles. The van der Waals surface area contributed by atoms with Gasteiger partial charge in [-0.2, -0.15) is 0 Å². The molecule has 6 nitrogen and oxygen atoms in total. The fourth-order valence-electron chi connectivity index (χ4n) is 3.58. The molecule has 136 valence electrons. The van der Waals surface area contributed by atoms with E-state index < -0.39 is 0 Å². The van der Waals surface area contributed by atoms with Crippen molar-refractivity contribution in [2.75, 3.05) is 32.7 Å². The first-order valence-electron chi connectivity index (χ1n) is 9.14. The molecule has 0 N–H and O–H groups in total. The fourth-order valence-corrected chi connectivity index (χ4v) is 3.58. The maximum atomic E-state index is 12.0. The van der Waals surface area contributed by atoms with E-state index in [1.54, 1.807) is 22.9 Å². The Balaban J connectivity index is 1.31. The van der Waals surface area contributed by atoms with E-state index in [0.29, 0.717) is 17.8 Å². The molecule has 0 atom stereocenters.